The summed E-state index contributed by atoms with van der Waals surface area (Å²) >= 11 is 0. The molecule has 0 saturated heterocycles. The molecule has 0 fully saturated rings. The van der Waals surface area contributed by atoms with E-state index in [1.165, 1.54) is 54.8 Å². The Kier molecular flexibility index (Phi) is 7.68. The van der Waals surface area contributed by atoms with E-state index in [-0.39, 0.29) is 5.92 Å². The Morgan fingerprint density at radius 1 is 0.400 bits per heavy atom. The van der Waals surface area contributed by atoms with Crippen LogP contribution in [0, 0.1) is 0 Å². The molecule has 1 aliphatic carbocycles. The normalized spacial score (nSPS) is 13.4. The van der Waals surface area contributed by atoms with Crippen LogP contribution in [0.2, 0.25) is 0 Å². The van der Waals surface area contributed by atoms with E-state index in [4.69, 9.17) is 19.4 Å². The second-order valence-corrected chi connectivity index (χ2v) is 17.1. The third kappa shape index (κ3) is 5.42. The number of para-hydroxylation sites is 3. The Balaban J connectivity index is 1.01. The summed E-state index contributed by atoms with van der Waals surface area (Å²) in [6.45, 7) is 0. The van der Waals surface area contributed by atoms with Gasteiger partial charge in [0.1, 0.15) is 11.2 Å². The van der Waals surface area contributed by atoms with Crippen molar-refractivity contribution in [3.05, 3.63) is 229 Å². The molecule has 0 amide bonds. The molecular formula is C60H36N4O. The third-order valence-electron chi connectivity index (χ3n) is 13.5. The zero-order valence-corrected chi connectivity index (χ0v) is 35.0. The van der Waals surface area contributed by atoms with Crippen molar-refractivity contribution in [2.75, 3.05) is 0 Å². The lowest BCUT2D eigenvalue weighted by atomic mass is 9.87. The summed E-state index contributed by atoms with van der Waals surface area (Å²) in [5.74, 6) is 1.73. The predicted molar refractivity (Wildman–Crippen MR) is 266 cm³/mol. The molecule has 10 aromatic carbocycles. The molecule has 0 spiro atoms. The molecule has 3 aromatic heterocycles. The van der Waals surface area contributed by atoms with E-state index >= 15 is 0 Å². The van der Waals surface area contributed by atoms with Gasteiger partial charge >= 0.3 is 0 Å². The minimum Gasteiger partial charge on any atom is -0.456 e. The van der Waals surface area contributed by atoms with Gasteiger partial charge in [0.2, 0.25) is 0 Å². The molecular weight excluding hydrogens is 793 g/mol. The van der Waals surface area contributed by atoms with Crippen LogP contribution in [0.3, 0.4) is 0 Å². The molecule has 5 heteroatoms. The molecule has 3 heterocycles. The average molecular weight is 829 g/mol. The van der Waals surface area contributed by atoms with Gasteiger partial charge in [-0.3, -0.25) is 0 Å². The maximum Gasteiger partial charge on any atom is 0.164 e. The van der Waals surface area contributed by atoms with E-state index in [1.807, 2.05) is 0 Å². The molecule has 0 aliphatic heterocycles. The van der Waals surface area contributed by atoms with Gasteiger partial charge in [0.15, 0.2) is 17.5 Å². The van der Waals surface area contributed by atoms with Gasteiger partial charge in [-0.25, -0.2) is 15.0 Å². The van der Waals surface area contributed by atoms with Crippen molar-refractivity contribution in [2.45, 2.75) is 5.92 Å². The zero-order valence-electron chi connectivity index (χ0n) is 35.0. The first kappa shape index (κ1) is 35.9. The largest absolute Gasteiger partial charge is 0.456 e. The van der Waals surface area contributed by atoms with Crippen LogP contribution in [0.4, 0.5) is 0 Å². The summed E-state index contributed by atoms with van der Waals surface area (Å²) in [4.78, 5) is 15.8. The Morgan fingerprint density at radius 3 is 1.77 bits per heavy atom. The van der Waals surface area contributed by atoms with E-state index in [0.29, 0.717) is 17.5 Å². The number of aromatic nitrogens is 4. The van der Waals surface area contributed by atoms with Crippen molar-refractivity contribution in [3.63, 3.8) is 0 Å². The maximum absolute atomic E-state index is 7.12. The minimum atomic E-state index is -0.0967. The number of benzene rings is 10. The summed E-state index contributed by atoms with van der Waals surface area (Å²) in [6, 6.07) is 75.6. The van der Waals surface area contributed by atoms with Crippen LogP contribution in [0.15, 0.2) is 217 Å². The topological polar surface area (TPSA) is 56.7 Å². The van der Waals surface area contributed by atoms with Crippen molar-refractivity contribution in [3.8, 4) is 51.0 Å². The number of rotatable bonds is 5. The van der Waals surface area contributed by atoms with Crippen molar-refractivity contribution in [1.82, 2.24) is 19.5 Å². The van der Waals surface area contributed by atoms with E-state index < -0.39 is 0 Å². The van der Waals surface area contributed by atoms with Crippen LogP contribution in [-0.4, -0.2) is 19.5 Å². The van der Waals surface area contributed by atoms with Gasteiger partial charge < -0.3 is 8.98 Å². The molecule has 65 heavy (non-hydrogen) atoms. The van der Waals surface area contributed by atoms with Crippen LogP contribution in [0.1, 0.15) is 22.6 Å². The molecule has 5 nitrogen and oxygen atoms in total. The lowest BCUT2D eigenvalue weighted by molar-refractivity contribution is 0.661. The van der Waals surface area contributed by atoms with Crippen molar-refractivity contribution in [2.24, 2.45) is 0 Å². The van der Waals surface area contributed by atoms with Crippen LogP contribution >= 0.6 is 0 Å². The SMILES string of the molecule is c1ccc(-n2c3ccccc3c3ccc4c(c32)C(c2cccc3c2oc2cccc(-c5nc(-c6ccc7ccccc7c6)nc(-c6ccc7ccccc7c6)n5)c23)c2ccccc2-4)cc1. The Morgan fingerprint density at radius 2 is 1.00 bits per heavy atom. The van der Waals surface area contributed by atoms with Crippen molar-refractivity contribution in [1.29, 1.82) is 0 Å². The number of furan rings is 1. The smallest absolute Gasteiger partial charge is 0.164 e. The number of fused-ring (bicyclic) bond motifs is 12. The van der Waals surface area contributed by atoms with Gasteiger partial charge in [-0.1, -0.05) is 176 Å². The predicted octanol–water partition coefficient (Wildman–Crippen LogP) is 15.3. The van der Waals surface area contributed by atoms with Gasteiger partial charge in [-0.15, -0.1) is 0 Å². The van der Waals surface area contributed by atoms with Gasteiger partial charge in [-0.05, 0) is 80.2 Å². The lowest BCUT2D eigenvalue weighted by Crippen LogP contribution is -2.03. The summed E-state index contributed by atoms with van der Waals surface area (Å²) in [5.41, 5.74) is 14.1. The molecule has 13 aromatic rings. The highest BCUT2D eigenvalue weighted by Gasteiger charge is 2.36. The highest BCUT2D eigenvalue weighted by molar-refractivity contribution is 6.15. The molecule has 302 valence electrons. The number of nitrogens with zero attached hydrogens (tertiary/aromatic N) is 4. The number of hydrogen-bond acceptors (Lipinski definition) is 4. The standard InChI is InChI=1S/C60H36N4O/c1-2-18-42(19-3-1)64-51-26-11-10-21-44(51)47-33-32-46-43-20-8-9-22-45(43)54(55(46)56(47)64)49-24-12-23-48-53-50(25-13-27-52(53)65-57(48)49)60-62-58(40-30-28-36-14-4-6-16-38(36)34-40)61-59(63-60)41-31-29-37-15-5-7-17-39(37)35-41/h1-35,54H. The van der Waals surface area contributed by atoms with Gasteiger partial charge in [0, 0.05) is 55.4 Å². The van der Waals surface area contributed by atoms with Gasteiger partial charge in [0.05, 0.1) is 11.0 Å². The van der Waals surface area contributed by atoms with Crippen LogP contribution in [0.25, 0.3) is 116 Å². The van der Waals surface area contributed by atoms with Gasteiger partial charge in [0.25, 0.3) is 0 Å². The lowest BCUT2D eigenvalue weighted by Gasteiger charge is -2.18. The first-order valence-electron chi connectivity index (χ1n) is 22.1. The Labute approximate surface area is 373 Å². The maximum atomic E-state index is 7.12. The Hall–Kier alpha value is -8.67. The van der Waals surface area contributed by atoms with E-state index in [0.717, 1.165) is 60.7 Å². The average Bonchev–Trinajstić information content (AvgIpc) is 4.04. The monoisotopic (exact) mass is 828 g/mol. The van der Waals surface area contributed by atoms with Crippen molar-refractivity contribution >= 4 is 65.3 Å². The minimum absolute atomic E-state index is 0.0967. The molecule has 1 unspecified atom stereocenters. The fourth-order valence-corrected chi connectivity index (χ4v) is 10.6. The molecule has 1 aliphatic rings. The van der Waals surface area contributed by atoms with E-state index in [1.54, 1.807) is 0 Å². The summed E-state index contributed by atoms with van der Waals surface area (Å²) in [7, 11) is 0. The highest BCUT2D eigenvalue weighted by Crippen LogP contribution is 2.54. The number of hydrogen-bond donors (Lipinski definition) is 0. The van der Waals surface area contributed by atoms with Crippen LogP contribution in [-0.2, 0) is 0 Å². The molecule has 0 radical (unpaired) electrons. The highest BCUT2D eigenvalue weighted by atomic mass is 16.3. The zero-order chi connectivity index (χ0) is 42.6. The van der Waals surface area contributed by atoms with Gasteiger partial charge in [-0.2, -0.15) is 0 Å². The first-order valence-corrected chi connectivity index (χ1v) is 22.1. The summed E-state index contributed by atoms with van der Waals surface area (Å²) in [5, 5.41) is 9.07. The van der Waals surface area contributed by atoms with Crippen molar-refractivity contribution < 1.29 is 4.42 Å². The van der Waals surface area contributed by atoms with Crippen LogP contribution < -0.4 is 0 Å². The van der Waals surface area contributed by atoms with E-state index in [9.17, 15) is 0 Å². The summed E-state index contributed by atoms with van der Waals surface area (Å²) in [6.07, 6.45) is 0. The molecule has 1 atom stereocenters. The molecule has 14 rings (SSSR count). The fourth-order valence-electron chi connectivity index (χ4n) is 10.6. The molecule has 0 saturated carbocycles. The second kappa shape index (κ2) is 13.9. The Bertz CT molecular complexity index is 3990. The summed E-state index contributed by atoms with van der Waals surface area (Å²) < 4.78 is 9.58. The van der Waals surface area contributed by atoms with Crippen LogP contribution in [0.5, 0.6) is 0 Å². The molecule has 0 bridgehead atoms. The third-order valence-corrected chi connectivity index (χ3v) is 13.5. The van der Waals surface area contributed by atoms with E-state index in [2.05, 4.69) is 217 Å². The quantitative estimate of drug-likeness (QED) is 0.173. The fraction of sp³-hybridized carbons (Fsp3) is 0.0167. The second-order valence-electron chi connectivity index (χ2n) is 17.1. The first-order chi connectivity index (χ1) is 32.2. The molecule has 0 N–H and O–H groups in total.